The average Bonchev–Trinajstić information content (AvgIpc) is 2.68. The quantitative estimate of drug-likeness (QED) is 0.432. The number of benzene rings is 1. The molecule has 1 heterocycles. The summed E-state index contributed by atoms with van der Waals surface area (Å²) in [5.74, 6) is -0.310. The molecule has 27 heavy (non-hydrogen) atoms. The normalized spacial score (nSPS) is 28.7. The van der Waals surface area contributed by atoms with Gasteiger partial charge in [-0.05, 0) is 49.8 Å². The number of esters is 1. The third kappa shape index (κ3) is 3.91. The number of amides is 1. The summed E-state index contributed by atoms with van der Waals surface area (Å²) in [6, 6.07) is 7.20. The Morgan fingerprint density at radius 2 is 1.96 bits per heavy atom. The Morgan fingerprint density at radius 1 is 1.15 bits per heavy atom. The summed E-state index contributed by atoms with van der Waals surface area (Å²) in [5.41, 5.74) is 0. The van der Waals surface area contributed by atoms with Gasteiger partial charge in [-0.2, -0.15) is 0 Å². The highest BCUT2D eigenvalue weighted by molar-refractivity contribution is 6.30. The first-order valence-corrected chi connectivity index (χ1v) is 10.5. The van der Waals surface area contributed by atoms with Gasteiger partial charge in [0.15, 0.2) is 0 Å². The molecule has 2 unspecified atom stereocenters. The van der Waals surface area contributed by atoms with Crippen LogP contribution < -0.4 is 4.74 Å². The molecule has 2 fully saturated rings. The number of hydrogen-bond acceptors (Lipinski definition) is 3. The van der Waals surface area contributed by atoms with Gasteiger partial charge in [-0.15, -0.1) is 0 Å². The summed E-state index contributed by atoms with van der Waals surface area (Å²) in [7, 11) is 0. The van der Waals surface area contributed by atoms with Crippen molar-refractivity contribution >= 4 is 23.5 Å². The van der Waals surface area contributed by atoms with Crippen LogP contribution in [0.2, 0.25) is 5.02 Å². The SMILES string of the molecule is O=C(Oc1cccc(Cl)c1)[C@H]1CC=CC2CCN(C3CCCCC3)C(=O)C21. The third-order valence-corrected chi connectivity index (χ3v) is 6.51. The fraction of sp³-hybridized carbons (Fsp3) is 0.545. The molecule has 0 aromatic heterocycles. The number of fused-ring (bicyclic) bond motifs is 1. The van der Waals surface area contributed by atoms with Crippen molar-refractivity contribution in [3.63, 3.8) is 0 Å². The number of likely N-dealkylation sites (tertiary alicyclic amines) is 1. The Hall–Kier alpha value is -1.81. The van der Waals surface area contributed by atoms with Gasteiger partial charge in [-0.1, -0.05) is 49.1 Å². The molecule has 1 saturated heterocycles. The van der Waals surface area contributed by atoms with Crippen molar-refractivity contribution in [2.45, 2.75) is 51.0 Å². The molecule has 5 heteroatoms. The van der Waals surface area contributed by atoms with E-state index in [4.69, 9.17) is 16.3 Å². The molecular formula is C22H26ClNO3. The van der Waals surface area contributed by atoms with E-state index >= 15 is 0 Å². The van der Waals surface area contributed by atoms with Crippen molar-refractivity contribution in [3.05, 3.63) is 41.4 Å². The minimum atomic E-state index is -0.419. The minimum Gasteiger partial charge on any atom is -0.426 e. The fourth-order valence-electron chi connectivity index (χ4n) is 4.91. The fourth-order valence-corrected chi connectivity index (χ4v) is 5.09. The van der Waals surface area contributed by atoms with Crippen LogP contribution in [0.3, 0.4) is 0 Å². The van der Waals surface area contributed by atoms with Crippen molar-refractivity contribution in [3.8, 4) is 5.75 Å². The van der Waals surface area contributed by atoms with Crippen LogP contribution in [-0.2, 0) is 9.59 Å². The van der Waals surface area contributed by atoms with Gasteiger partial charge in [0.1, 0.15) is 5.75 Å². The summed E-state index contributed by atoms with van der Waals surface area (Å²) >= 11 is 5.99. The van der Waals surface area contributed by atoms with Crippen molar-refractivity contribution in [2.75, 3.05) is 6.54 Å². The van der Waals surface area contributed by atoms with Crippen LogP contribution in [0.4, 0.5) is 0 Å². The van der Waals surface area contributed by atoms with E-state index in [9.17, 15) is 9.59 Å². The molecular weight excluding hydrogens is 362 g/mol. The first-order chi connectivity index (χ1) is 13.1. The lowest BCUT2D eigenvalue weighted by atomic mass is 9.71. The smallest absolute Gasteiger partial charge is 0.315 e. The molecule has 0 N–H and O–H groups in total. The van der Waals surface area contributed by atoms with Crippen LogP contribution in [-0.4, -0.2) is 29.4 Å². The highest BCUT2D eigenvalue weighted by Gasteiger charge is 2.46. The molecule has 4 rings (SSSR count). The zero-order valence-corrected chi connectivity index (χ0v) is 16.2. The number of carbonyl (C=O) groups excluding carboxylic acids is 2. The van der Waals surface area contributed by atoms with Crippen LogP contribution >= 0.6 is 11.6 Å². The average molecular weight is 388 g/mol. The second-order valence-electron chi connectivity index (χ2n) is 7.95. The van der Waals surface area contributed by atoms with E-state index in [1.165, 1.54) is 19.3 Å². The van der Waals surface area contributed by atoms with E-state index < -0.39 is 5.92 Å². The van der Waals surface area contributed by atoms with Gasteiger partial charge in [0.2, 0.25) is 5.91 Å². The Balaban J connectivity index is 1.51. The maximum absolute atomic E-state index is 13.3. The van der Waals surface area contributed by atoms with Crippen LogP contribution in [0.1, 0.15) is 44.9 Å². The van der Waals surface area contributed by atoms with E-state index in [0.717, 1.165) is 25.8 Å². The van der Waals surface area contributed by atoms with Crippen LogP contribution in [0.25, 0.3) is 0 Å². The molecule has 3 atom stereocenters. The Morgan fingerprint density at radius 3 is 2.74 bits per heavy atom. The summed E-state index contributed by atoms with van der Waals surface area (Å²) < 4.78 is 5.58. The van der Waals surface area contributed by atoms with Crippen molar-refractivity contribution in [1.29, 1.82) is 0 Å². The van der Waals surface area contributed by atoms with E-state index in [-0.39, 0.29) is 23.7 Å². The number of piperidine rings is 1. The molecule has 0 radical (unpaired) electrons. The van der Waals surface area contributed by atoms with Gasteiger partial charge in [0, 0.05) is 17.6 Å². The molecule has 1 saturated carbocycles. The second kappa shape index (κ2) is 8.05. The second-order valence-corrected chi connectivity index (χ2v) is 8.39. The van der Waals surface area contributed by atoms with Gasteiger partial charge in [-0.3, -0.25) is 9.59 Å². The molecule has 1 aromatic rings. The molecule has 144 valence electrons. The lowest BCUT2D eigenvalue weighted by molar-refractivity contribution is -0.155. The minimum absolute atomic E-state index is 0.142. The van der Waals surface area contributed by atoms with Gasteiger partial charge < -0.3 is 9.64 Å². The van der Waals surface area contributed by atoms with E-state index in [0.29, 0.717) is 23.2 Å². The van der Waals surface area contributed by atoms with Gasteiger partial charge in [0.25, 0.3) is 0 Å². The topological polar surface area (TPSA) is 46.6 Å². The predicted octanol–water partition coefficient (Wildman–Crippen LogP) is 4.62. The number of allylic oxidation sites excluding steroid dienone is 2. The standard InChI is InChI=1S/C22H26ClNO3/c23-16-7-5-10-18(14-16)27-22(26)19-11-4-6-15-12-13-24(21(25)20(15)19)17-8-2-1-3-9-17/h4-7,10,14-15,17,19-20H,1-3,8-9,11-13H2/t15?,19-,20?/m0/s1. The first-order valence-electron chi connectivity index (χ1n) is 10.1. The molecule has 3 aliphatic rings. The molecule has 1 amide bonds. The summed E-state index contributed by atoms with van der Waals surface area (Å²) in [6.45, 7) is 0.811. The summed E-state index contributed by atoms with van der Waals surface area (Å²) in [5, 5.41) is 0.527. The molecule has 0 bridgehead atoms. The Kier molecular flexibility index (Phi) is 5.53. The van der Waals surface area contributed by atoms with Gasteiger partial charge >= 0.3 is 5.97 Å². The van der Waals surface area contributed by atoms with Crippen molar-refractivity contribution in [1.82, 2.24) is 4.90 Å². The van der Waals surface area contributed by atoms with Crippen LogP contribution in [0, 0.1) is 17.8 Å². The molecule has 1 aliphatic heterocycles. The van der Waals surface area contributed by atoms with Crippen LogP contribution in [0.5, 0.6) is 5.75 Å². The number of hydrogen-bond donors (Lipinski definition) is 0. The maximum Gasteiger partial charge on any atom is 0.315 e. The lowest BCUT2D eigenvalue weighted by Crippen LogP contribution is -2.54. The number of nitrogens with zero attached hydrogens (tertiary/aromatic N) is 1. The zero-order valence-electron chi connectivity index (χ0n) is 15.5. The number of carbonyl (C=O) groups is 2. The lowest BCUT2D eigenvalue weighted by Gasteiger charge is -2.45. The number of rotatable bonds is 3. The Bertz CT molecular complexity index is 741. The predicted molar refractivity (Wildman–Crippen MR) is 105 cm³/mol. The van der Waals surface area contributed by atoms with Crippen LogP contribution in [0.15, 0.2) is 36.4 Å². The first kappa shape index (κ1) is 18.5. The largest absolute Gasteiger partial charge is 0.426 e. The highest BCUT2D eigenvalue weighted by atomic mass is 35.5. The van der Waals surface area contributed by atoms with E-state index in [1.54, 1.807) is 24.3 Å². The molecule has 1 aromatic carbocycles. The Labute approximate surface area is 165 Å². The third-order valence-electron chi connectivity index (χ3n) is 6.27. The van der Waals surface area contributed by atoms with Gasteiger partial charge in [-0.25, -0.2) is 0 Å². The maximum atomic E-state index is 13.3. The molecule has 2 aliphatic carbocycles. The zero-order chi connectivity index (χ0) is 18.8. The molecule has 4 nitrogen and oxygen atoms in total. The number of ether oxygens (including phenoxy) is 1. The number of halogens is 1. The monoisotopic (exact) mass is 387 g/mol. The highest BCUT2D eigenvalue weighted by Crippen LogP contribution is 2.40. The van der Waals surface area contributed by atoms with Crippen molar-refractivity contribution < 1.29 is 14.3 Å². The summed E-state index contributed by atoms with van der Waals surface area (Å²) in [6.07, 6.45) is 11.5. The summed E-state index contributed by atoms with van der Waals surface area (Å²) in [4.78, 5) is 28.3. The van der Waals surface area contributed by atoms with E-state index in [1.807, 2.05) is 6.08 Å². The van der Waals surface area contributed by atoms with E-state index in [2.05, 4.69) is 11.0 Å². The molecule has 0 spiro atoms. The van der Waals surface area contributed by atoms with Gasteiger partial charge in [0.05, 0.1) is 11.8 Å². The van der Waals surface area contributed by atoms with Crippen molar-refractivity contribution in [2.24, 2.45) is 17.8 Å².